The highest BCUT2D eigenvalue weighted by Crippen LogP contribution is 2.33. The van der Waals surface area contributed by atoms with Crippen molar-refractivity contribution in [1.82, 2.24) is 9.13 Å². The van der Waals surface area contributed by atoms with E-state index in [2.05, 4.69) is 6.58 Å². The van der Waals surface area contributed by atoms with Gasteiger partial charge in [0.2, 0.25) is 5.88 Å². The Hall–Kier alpha value is -1.86. The van der Waals surface area contributed by atoms with Crippen molar-refractivity contribution in [3.05, 3.63) is 39.1 Å². The summed E-state index contributed by atoms with van der Waals surface area (Å²) in [6, 6.07) is 0. The van der Waals surface area contributed by atoms with Crippen molar-refractivity contribution in [2.75, 3.05) is 13.2 Å². The zero-order chi connectivity index (χ0) is 12.9. The molecular weight excluding hydrogens is 240 g/mol. The van der Waals surface area contributed by atoms with Gasteiger partial charge < -0.3 is 14.6 Å². The van der Waals surface area contributed by atoms with Crippen LogP contribution in [0.5, 0.6) is 5.88 Å². The zero-order valence-corrected chi connectivity index (χ0v) is 9.54. The van der Waals surface area contributed by atoms with E-state index in [9.17, 15) is 14.7 Å². The van der Waals surface area contributed by atoms with Crippen LogP contribution in [0.4, 0.5) is 0 Å². The van der Waals surface area contributed by atoms with Gasteiger partial charge in [-0.05, 0) is 0 Å². The lowest BCUT2D eigenvalue weighted by Gasteiger charge is -2.12. The molecule has 2 atom stereocenters. The minimum Gasteiger partial charge on any atom is -0.494 e. The third-order valence-electron chi connectivity index (χ3n) is 2.95. The number of ether oxygens (including phenoxy) is 2. The number of aromatic hydroxyl groups is 1. The summed E-state index contributed by atoms with van der Waals surface area (Å²) in [4.78, 5) is 24.2. The van der Waals surface area contributed by atoms with Crippen molar-refractivity contribution in [3.63, 3.8) is 0 Å². The van der Waals surface area contributed by atoms with Crippen molar-refractivity contribution in [1.29, 1.82) is 0 Å². The molecule has 3 rings (SSSR count). The van der Waals surface area contributed by atoms with Crippen LogP contribution in [-0.2, 0) is 16.0 Å². The Morgan fingerprint density at radius 1 is 1.39 bits per heavy atom. The molecule has 1 N–H and O–H groups in total. The first-order valence-corrected chi connectivity index (χ1v) is 5.57. The maximum Gasteiger partial charge on any atom is 0.336 e. The van der Waals surface area contributed by atoms with Crippen molar-refractivity contribution >= 4 is 0 Å². The quantitative estimate of drug-likeness (QED) is 0.576. The fourth-order valence-corrected chi connectivity index (χ4v) is 1.91. The molecule has 2 aliphatic heterocycles. The van der Waals surface area contributed by atoms with Crippen molar-refractivity contribution in [2.24, 2.45) is 0 Å². The maximum absolute atomic E-state index is 12.1. The molecule has 96 valence electrons. The summed E-state index contributed by atoms with van der Waals surface area (Å²) in [5.74, 6) is -0.343. The SMILES string of the molecule is C=CCn1c(O)c(C2CO2)c(=O)n(C2CO2)c1=O. The molecule has 2 aliphatic rings. The Bertz CT molecular complexity index is 622. The summed E-state index contributed by atoms with van der Waals surface area (Å²) in [6.07, 6.45) is 0.514. The number of rotatable bonds is 4. The highest BCUT2D eigenvalue weighted by Gasteiger charge is 2.37. The lowest BCUT2D eigenvalue weighted by molar-refractivity contribution is 0.317. The molecule has 0 radical (unpaired) electrons. The number of hydrogen-bond donors (Lipinski definition) is 1. The molecule has 0 aromatic carbocycles. The molecule has 0 aliphatic carbocycles. The van der Waals surface area contributed by atoms with E-state index in [-0.39, 0.29) is 18.0 Å². The number of hydrogen-bond acceptors (Lipinski definition) is 5. The highest BCUT2D eigenvalue weighted by atomic mass is 16.6. The summed E-state index contributed by atoms with van der Waals surface area (Å²) >= 11 is 0. The Labute approximate surface area is 101 Å². The van der Waals surface area contributed by atoms with E-state index in [0.717, 1.165) is 9.13 Å². The maximum atomic E-state index is 12.1. The van der Waals surface area contributed by atoms with Crippen LogP contribution in [-0.4, -0.2) is 27.5 Å². The second-order valence-electron chi connectivity index (χ2n) is 4.20. The standard InChI is InChI=1S/C11H12N2O5/c1-2-3-12-9(14)8(6-4-17-6)10(15)13(11(12)16)7-5-18-7/h2,6-7,14H,1,3-5H2. The normalized spacial score (nSPS) is 24.9. The van der Waals surface area contributed by atoms with Crippen LogP contribution in [0.25, 0.3) is 0 Å². The van der Waals surface area contributed by atoms with Crippen LogP contribution in [0.2, 0.25) is 0 Å². The van der Waals surface area contributed by atoms with E-state index in [1.165, 1.54) is 6.08 Å². The Morgan fingerprint density at radius 3 is 2.56 bits per heavy atom. The Kier molecular flexibility index (Phi) is 2.39. The second kappa shape index (κ2) is 3.82. The molecule has 0 amide bonds. The second-order valence-corrected chi connectivity index (χ2v) is 4.20. The molecule has 7 nitrogen and oxygen atoms in total. The van der Waals surface area contributed by atoms with Crippen LogP contribution in [0.1, 0.15) is 17.9 Å². The predicted octanol–water partition coefficient (Wildman–Crippen LogP) is -0.498. The van der Waals surface area contributed by atoms with Gasteiger partial charge in [-0.15, -0.1) is 6.58 Å². The third kappa shape index (κ3) is 1.59. The zero-order valence-electron chi connectivity index (χ0n) is 9.54. The lowest BCUT2D eigenvalue weighted by Crippen LogP contribution is -2.41. The average Bonchev–Trinajstić information content (AvgIpc) is 3.15. The molecular formula is C11H12N2O5. The van der Waals surface area contributed by atoms with Gasteiger partial charge in [-0.25, -0.2) is 9.36 Å². The van der Waals surface area contributed by atoms with Gasteiger partial charge in [0.05, 0.1) is 13.2 Å². The number of aromatic nitrogens is 2. The van der Waals surface area contributed by atoms with Crippen molar-refractivity contribution < 1.29 is 14.6 Å². The Morgan fingerprint density at radius 2 is 2.06 bits per heavy atom. The first-order valence-electron chi connectivity index (χ1n) is 5.57. The van der Waals surface area contributed by atoms with Gasteiger partial charge >= 0.3 is 5.69 Å². The molecule has 1 aromatic heterocycles. The smallest absolute Gasteiger partial charge is 0.336 e. The molecule has 0 saturated carbocycles. The van der Waals surface area contributed by atoms with Gasteiger partial charge in [0, 0.05) is 6.54 Å². The van der Waals surface area contributed by atoms with Crippen LogP contribution >= 0.6 is 0 Å². The minimum absolute atomic E-state index is 0.118. The van der Waals surface area contributed by atoms with Crippen LogP contribution in [0.3, 0.4) is 0 Å². The minimum atomic E-state index is -0.593. The Balaban J connectivity index is 2.29. The fraction of sp³-hybridized carbons (Fsp3) is 0.455. The van der Waals surface area contributed by atoms with Crippen LogP contribution < -0.4 is 11.2 Å². The summed E-state index contributed by atoms with van der Waals surface area (Å²) in [5, 5.41) is 10.00. The monoisotopic (exact) mass is 252 g/mol. The molecule has 7 heteroatoms. The van der Waals surface area contributed by atoms with Gasteiger partial charge in [-0.3, -0.25) is 9.36 Å². The number of nitrogens with zero attached hydrogens (tertiary/aromatic N) is 2. The topological polar surface area (TPSA) is 89.3 Å². The lowest BCUT2D eigenvalue weighted by atomic mass is 10.2. The van der Waals surface area contributed by atoms with E-state index in [1.807, 2.05) is 0 Å². The molecule has 2 fully saturated rings. The molecule has 3 heterocycles. The molecule has 0 bridgehead atoms. The number of allylic oxidation sites excluding steroid dienone is 1. The van der Waals surface area contributed by atoms with Crippen molar-refractivity contribution in [3.8, 4) is 5.88 Å². The van der Waals surface area contributed by atoms with E-state index < -0.39 is 23.6 Å². The number of epoxide rings is 2. The summed E-state index contributed by atoms with van der Waals surface area (Å²) in [6.45, 7) is 4.35. The predicted molar refractivity (Wildman–Crippen MR) is 60.5 cm³/mol. The summed E-state index contributed by atoms with van der Waals surface area (Å²) in [7, 11) is 0. The van der Waals surface area contributed by atoms with E-state index in [4.69, 9.17) is 9.47 Å². The van der Waals surface area contributed by atoms with Gasteiger partial charge in [0.15, 0.2) is 6.23 Å². The van der Waals surface area contributed by atoms with Crippen molar-refractivity contribution in [2.45, 2.75) is 18.9 Å². The van der Waals surface area contributed by atoms with Gasteiger partial charge in [0.25, 0.3) is 5.56 Å². The molecule has 2 saturated heterocycles. The van der Waals surface area contributed by atoms with E-state index >= 15 is 0 Å². The van der Waals surface area contributed by atoms with Gasteiger partial charge in [0.1, 0.15) is 11.7 Å². The largest absolute Gasteiger partial charge is 0.494 e. The van der Waals surface area contributed by atoms with E-state index in [1.54, 1.807) is 0 Å². The molecule has 0 spiro atoms. The van der Waals surface area contributed by atoms with Gasteiger partial charge in [-0.2, -0.15) is 0 Å². The van der Waals surface area contributed by atoms with Gasteiger partial charge in [-0.1, -0.05) is 6.08 Å². The van der Waals surface area contributed by atoms with E-state index in [0.29, 0.717) is 13.2 Å². The third-order valence-corrected chi connectivity index (χ3v) is 2.95. The van der Waals surface area contributed by atoms with Crippen LogP contribution in [0, 0.1) is 0 Å². The molecule has 18 heavy (non-hydrogen) atoms. The summed E-state index contributed by atoms with van der Waals surface area (Å²) in [5.41, 5.74) is -1.01. The first-order chi connectivity index (χ1) is 8.65. The molecule has 1 aromatic rings. The summed E-state index contributed by atoms with van der Waals surface area (Å²) < 4.78 is 12.1. The molecule has 2 unspecified atom stereocenters. The fourth-order valence-electron chi connectivity index (χ4n) is 1.91. The first kappa shape index (κ1) is 11.2. The highest BCUT2D eigenvalue weighted by molar-refractivity contribution is 5.28. The average molecular weight is 252 g/mol. The van der Waals surface area contributed by atoms with Crippen LogP contribution in [0.15, 0.2) is 22.2 Å².